The normalized spacial score (nSPS) is 12.4. The maximum absolute atomic E-state index is 13.0. The molecule has 4 heteroatoms. The first-order valence-corrected chi connectivity index (χ1v) is 6.07. The maximum atomic E-state index is 13.0. The van der Waals surface area contributed by atoms with Crippen LogP contribution in [0.15, 0.2) is 36.4 Å². The third-order valence-electron chi connectivity index (χ3n) is 2.73. The van der Waals surface area contributed by atoms with Crippen molar-refractivity contribution in [1.82, 2.24) is 4.98 Å². The van der Waals surface area contributed by atoms with Gasteiger partial charge in [-0.05, 0) is 43.2 Å². The van der Waals surface area contributed by atoms with Gasteiger partial charge < -0.3 is 5.73 Å². The molecule has 2 aromatic rings. The molecule has 1 aromatic carbocycles. The summed E-state index contributed by atoms with van der Waals surface area (Å²) in [5, 5.41) is 0.122. The van der Waals surface area contributed by atoms with Crippen molar-refractivity contribution in [2.45, 2.75) is 19.4 Å². The number of hydrogen-bond donors (Lipinski definition) is 1. The molecule has 0 aliphatic heterocycles. The zero-order valence-corrected chi connectivity index (χ0v) is 10.8. The molecule has 0 saturated carbocycles. The molecule has 2 N–H and O–H groups in total. The number of halogens is 2. The summed E-state index contributed by atoms with van der Waals surface area (Å²) in [5.74, 6) is -0.414. The highest BCUT2D eigenvalue weighted by Gasteiger charge is 2.10. The molecule has 1 unspecified atom stereocenters. The van der Waals surface area contributed by atoms with Crippen LogP contribution >= 0.6 is 11.6 Å². The fourth-order valence-corrected chi connectivity index (χ4v) is 2.00. The summed E-state index contributed by atoms with van der Waals surface area (Å²) in [7, 11) is 0. The van der Waals surface area contributed by atoms with E-state index in [0.29, 0.717) is 6.42 Å². The Balaban J connectivity index is 2.16. The second-order valence-corrected chi connectivity index (χ2v) is 4.67. The van der Waals surface area contributed by atoms with Gasteiger partial charge in [0, 0.05) is 5.69 Å². The van der Waals surface area contributed by atoms with E-state index in [1.165, 1.54) is 6.07 Å². The number of rotatable bonds is 3. The second-order valence-electron chi connectivity index (χ2n) is 4.26. The molecule has 94 valence electrons. The standard InChI is InChI=1S/C14H14ClFN2/c1-9-3-2-4-14(18-9)13(17)8-10-5-6-12(16)11(15)7-10/h2-7,13H,8,17H2,1H3. The third-order valence-corrected chi connectivity index (χ3v) is 3.02. The van der Waals surface area contributed by atoms with Gasteiger partial charge in [-0.3, -0.25) is 4.98 Å². The quantitative estimate of drug-likeness (QED) is 0.923. The molecule has 0 aliphatic carbocycles. The minimum atomic E-state index is -0.414. The van der Waals surface area contributed by atoms with Crippen LogP contribution in [0.1, 0.15) is 23.0 Å². The Labute approximate surface area is 111 Å². The molecule has 0 radical (unpaired) electrons. The van der Waals surface area contributed by atoms with Crippen molar-refractivity contribution >= 4 is 11.6 Å². The van der Waals surface area contributed by atoms with Crippen molar-refractivity contribution in [1.29, 1.82) is 0 Å². The van der Waals surface area contributed by atoms with Gasteiger partial charge in [-0.15, -0.1) is 0 Å². The molecule has 0 aliphatic rings. The van der Waals surface area contributed by atoms with Crippen molar-refractivity contribution < 1.29 is 4.39 Å². The molecule has 0 saturated heterocycles. The minimum Gasteiger partial charge on any atom is -0.322 e. The zero-order valence-electron chi connectivity index (χ0n) is 10.0. The van der Waals surface area contributed by atoms with E-state index in [1.807, 2.05) is 25.1 Å². The van der Waals surface area contributed by atoms with Gasteiger partial charge in [0.25, 0.3) is 0 Å². The summed E-state index contributed by atoms with van der Waals surface area (Å²) in [4.78, 5) is 4.38. The summed E-state index contributed by atoms with van der Waals surface area (Å²) >= 11 is 5.74. The van der Waals surface area contributed by atoms with Crippen LogP contribution in [0.3, 0.4) is 0 Å². The fourth-order valence-electron chi connectivity index (χ4n) is 1.80. The van der Waals surface area contributed by atoms with Crippen molar-refractivity contribution in [3.05, 3.63) is 64.2 Å². The van der Waals surface area contributed by atoms with E-state index in [1.54, 1.807) is 12.1 Å². The average molecular weight is 265 g/mol. The van der Waals surface area contributed by atoms with Crippen LogP contribution in [-0.4, -0.2) is 4.98 Å². The molecule has 1 heterocycles. The SMILES string of the molecule is Cc1cccc(C(N)Cc2ccc(F)c(Cl)c2)n1. The lowest BCUT2D eigenvalue weighted by Crippen LogP contribution is -2.15. The van der Waals surface area contributed by atoms with Gasteiger partial charge in [0.15, 0.2) is 0 Å². The van der Waals surface area contributed by atoms with Gasteiger partial charge in [-0.1, -0.05) is 23.7 Å². The van der Waals surface area contributed by atoms with E-state index in [2.05, 4.69) is 4.98 Å². The van der Waals surface area contributed by atoms with Gasteiger partial charge in [0.1, 0.15) is 5.82 Å². The molecule has 0 amide bonds. The monoisotopic (exact) mass is 264 g/mol. The van der Waals surface area contributed by atoms with Crippen LogP contribution in [0.4, 0.5) is 4.39 Å². The molecular formula is C14H14ClFN2. The summed E-state index contributed by atoms with van der Waals surface area (Å²) in [5.41, 5.74) is 8.74. The number of hydrogen-bond acceptors (Lipinski definition) is 2. The summed E-state index contributed by atoms with van der Waals surface area (Å²) in [6, 6.07) is 10.2. The molecule has 0 spiro atoms. The fraction of sp³-hybridized carbons (Fsp3) is 0.214. The summed E-state index contributed by atoms with van der Waals surface area (Å²) < 4.78 is 13.0. The number of pyridine rings is 1. The van der Waals surface area contributed by atoms with Crippen LogP contribution in [0.25, 0.3) is 0 Å². The van der Waals surface area contributed by atoms with Gasteiger partial charge >= 0.3 is 0 Å². The molecule has 18 heavy (non-hydrogen) atoms. The van der Waals surface area contributed by atoms with E-state index < -0.39 is 5.82 Å². The first kappa shape index (κ1) is 13.0. The van der Waals surface area contributed by atoms with Crippen LogP contribution in [0.5, 0.6) is 0 Å². The number of aromatic nitrogens is 1. The molecule has 0 bridgehead atoms. The van der Waals surface area contributed by atoms with E-state index >= 15 is 0 Å². The molecule has 1 aromatic heterocycles. The third kappa shape index (κ3) is 3.06. The van der Waals surface area contributed by atoms with E-state index in [9.17, 15) is 4.39 Å². The van der Waals surface area contributed by atoms with Gasteiger partial charge in [-0.25, -0.2) is 4.39 Å². The Morgan fingerprint density at radius 3 is 2.78 bits per heavy atom. The van der Waals surface area contributed by atoms with Gasteiger partial charge in [0.05, 0.1) is 16.8 Å². The summed E-state index contributed by atoms with van der Waals surface area (Å²) in [6.45, 7) is 1.92. The lowest BCUT2D eigenvalue weighted by molar-refractivity contribution is 0.625. The second kappa shape index (κ2) is 5.46. The van der Waals surface area contributed by atoms with Gasteiger partial charge in [0.2, 0.25) is 0 Å². The molecule has 2 rings (SSSR count). The highest BCUT2D eigenvalue weighted by atomic mass is 35.5. The number of nitrogens with zero attached hydrogens (tertiary/aromatic N) is 1. The van der Waals surface area contributed by atoms with Crippen LogP contribution in [0, 0.1) is 12.7 Å². The smallest absolute Gasteiger partial charge is 0.141 e. The molecule has 0 fully saturated rings. The lowest BCUT2D eigenvalue weighted by Gasteiger charge is -2.12. The van der Waals surface area contributed by atoms with Crippen LogP contribution in [-0.2, 0) is 6.42 Å². The lowest BCUT2D eigenvalue weighted by atomic mass is 10.0. The van der Waals surface area contributed by atoms with Gasteiger partial charge in [-0.2, -0.15) is 0 Å². The Morgan fingerprint density at radius 1 is 1.33 bits per heavy atom. The van der Waals surface area contributed by atoms with E-state index in [0.717, 1.165) is 17.0 Å². The van der Waals surface area contributed by atoms with E-state index in [-0.39, 0.29) is 11.1 Å². The average Bonchev–Trinajstić information content (AvgIpc) is 2.34. The zero-order chi connectivity index (χ0) is 13.1. The largest absolute Gasteiger partial charge is 0.322 e. The predicted molar refractivity (Wildman–Crippen MR) is 71.0 cm³/mol. The highest BCUT2D eigenvalue weighted by Crippen LogP contribution is 2.20. The molecule has 2 nitrogen and oxygen atoms in total. The van der Waals surface area contributed by atoms with Crippen LogP contribution < -0.4 is 5.73 Å². The number of aryl methyl sites for hydroxylation is 1. The Hall–Kier alpha value is -1.45. The van der Waals surface area contributed by atoms with Crippen molar-refractivity contribution in [2.24, 2.45) is 5.73 Å². The summed E-state index contributed by atoms with van der Waals surface area (Å²) in [6.07, 6.45) is 0.580. The molecule has 1 atom stereocenters. The predicted octanol–water partition coefficient (Wildman–Crippen LogP) is 3.43. The highest BCUT2D eigenvalue weighted by molar-refractivity contribution is 6.30. The Kier molecular flexibility index (Phi) is 3.94. The number of benzene rings is 1. The first-order valence-electron chi connectivity index (χ1n) is 5.69. The molecular weight excluding hydrogens is 251 g/mol. The Morgan fingerprint density at radius 2 is 2.11 bits per heavy atom. The van der Waals surface area contributed by atoms with Crippen LogP contribution in [0.2, 0.25) is 5.02 Å². The van der Waals surface area contributed by atoms with Crippen molar-refractivity contribution in [3.8, 4) is 0 Å². The van der Waals surface area contributed by atoms with Crippen molar-refractivity contribution in [3.63, 3.8) is 0 Å². The topological polar surface area (TPSA) is 38.9 Å². The number of nitrogens with two attached hydrogens (primary N) is 1. The van der Waals surface area contributed by atoms with Crippen molar-refractivity contribution in [2.75, 3.05) is 0 Å². The Bertz CT molecular complexity index is 557. The minimum absolute atomic E-state index is 0.122. The first-order chi connectivity index (χ1) is 8.56. The maximum Gasteiger partial charge on any atom is 0.141 e. The van der Waals surface area contributed by atoms with E-state index in [4.69, 9.17) is 17.3 Å².